The van der Waals surface area contributed by atoms with Gasteiger partial charge in [0.05, 0.1) is 24.4 Å². The van der Waals surface area contributed by atoms with Gasteiger partial charge in [-0.25, -0.2) is 22.4 Å². The van der Waals surface area contributed by atoms with Crippen LogP contribution in [0.2, 0.25) is 0 Å². The number of nitrogens with zero attached hydrogens (tertiary/aromatic N) is 2. The zero-order valence-corrected chi connectivity index (χ0v) is 16.0. The molecule has 2 heterocycles. The van der Waals surface area contributed by atoms with Crippen LogP contribution >= 0.6 is 0 Å². The number of sulfonamides is 1. The third-order valence-electron chi connectivity index (χ3n) is 5.21. The van der Waals surface area contributed by atoms with E-state index in [0.717, 1.165) is 30.4 Å². The largest absolute Gasteiger partial charge is 0.292 e. The monoisotopic (exact) mass is 397 g/mol. The second-order valence-electron chi connectivity index (χ2n) is 7.20. The van der Waals surface area contributed by atoms with Gasteiger partial charge in [0, 0.05) is 6.54 Å². The standard InChI is InChI=1S/C18H24FN3O4S/c1-27(25,26)20-9-6-13-7-10-21(11-8-13)16-12-17(23)22(18(16)24)15-4-2-14(19)3-5-15/h2-5,13,16,20H,6-12H2,1H3. The zero-order valence-electron chi connectivity index (χ0n) is 15.2. The second kappa shape index (κ2) is 8.04. The van der Waals surface area contributed by atoms with Crippen LogP contribution in [-0.4, -0.2) is 57.1 Å². The number of carbonyl (C=O) groups is 2. The molecule has 2 fully saturated rings. The molecule has 0 aliphatic carbocycles. The molecule has 0 spiro atoms. The number of anilines is 1. The summed E-state index contributed by atoms with van der Waals surface area (Å²) in [5, 5.41) is 0. The molecule has 1 unspecified atom stereocenters. The fraction of sp³-hybridized carbons (Fsp3) is 0.556. The van der Waals surface area contributed by atoms with Gasteiger partial charge < -0.3 is 0 Å². The normalized spacial score (nSPS) is 22.6. The lowest BCUT2D eigenvalue weighted by Crippen LogP contribution is -2.46. The van der Waals surface area contributed by atoms with Crippen molar-refractivity contribution >= 4 is 27.5 Å². The Morgan fingerprint density at radius 1 is 1.15 bits per heavy atom. The van der Waals surface area contributed by atoms with E-state index in [2.05, 4.69) is 4.72 Å². The molecule has 2 amide bonds. The number of amides is 2. The summed E-state index contributed by atoms with van der Waals surface area (Å²) in [7, 11) is -3.17. The van der Waals surface area contributed by atoms with Gasteiger partial charge in [0.15, 0.2) is 0 Å². The highest BCUT2D eigenvalue weighted by atomic mass is 32.2. The molecule has 0 saturated carbocycles. The van der Waals surface area contributed by atoms with Crippen molar-refractivity contribution in [1.29, 1.82) is 0 Å². The van der Waals surface area contributed by atoms with Crippen LogP contribution in [0, 0.1) is 11.7 Å². The number of rotatable bonds is 6. The molecule has 9 heteroatoms. The van der Waals surface area contributed by atoms with E-state index in [9.17, 15) is 22.4 Å². The molecule has 2 aliphatic rings. The van der Waals surface area contributed by atoms with E-state index in [0.29, 0.717) is 31.2 Å². The number of hydrogen-bond donors (Lipinski definition) is 1. The molecular formula is C18H24FN3O4S. The average Bonchev–Trinajstić information content (AvgIpc) is 2.90. The molecule has 3 rings (SSSR count). The van der Waals surface area contributed by atoms with Crippen LogP contribution in [-0.2, 0) is 19.6 Å². The molecule has 1 aromatic carbocycles. The first kappa shape index (κ1) is 19.9. The van der Waals surface area contributed by atoms with Gasteiger partial charge in [-0.1, -0.05) is 0 Å². The number of likely N-dealkylation sites (tertiary alicyclic amines) is 1. The number of halogens is 1. The lowest BCUT2D eigenvalue weighted by Gasteiger charge is -2.34. The Labute approximate surface area is 158 Å². The first-order chi connectivity index (χ1) is 12.7. The molecule has 2 saturated heterocycles. The fourth-order valence-corrected chi connectivity index (χ4v) is 4.25. The van der Waals surface area contributed by atoms with Crippen molar-refractivity contribution in [2.75, 3.05) is 30.8 Å². The highest BCUT2D eigenvalue weighted by Gasteiger charge is 2.43. The van der Waals surface area contributed by atoms with E-state index in [-0.39, 0.29) is 18.2 Å². The van der Waals surface area contributed by atoms with E-state index >= 15 is 0 Å². The maximum absolute atomic E-state index is 13.1. The molecule has 0 bridgehead atoms. The SMILES string of the molecule is CS(=O)(=O)NCCC1CCN(C2CC(=O)N(c3ccc(F)cc3)C2=O)CC1. The Balaban J connectivity index is 1.55. The Morgan fingerprint density at radius 3 is 2.37 bits per heavy atom. The summed E-state index contributed by atoms with van der Waals surface area (Å²) in [6.45, 7) is 1.82. The zero-order chi connectivity index (χ0) is 19.6. The quantitative estimate of drug-likeness (QED) is 0.727. The van der Waals surface area contributed by atoms with Gasteiger partial charge in [0.1, 0.15) is 5.82 Å². The fourth-order valence-electron chi connectivity index (χ4n) is 3.76. The first-order valence-electron chi connectivity index (χ1n) is 9.05. The topological polar surface area (TPSA) is 86.8 Å². The molecule has 148 valence electrons. The third kappa shape index (κ3) is 4.91. The minimum absolute atomic E-state index is 0.135. The van der Waals surface area contributed by atoms with Crippen LogP contribution in [0.5, 0.6) is 0 Å². The van der Waals surface area contributed by atoms with Crippen molar-refractivity contribution in [2.45, 2.75) is 31.7 Å². The van der Waals surface area contributed by atoms with Crippen molar-refractivity contribution < 1.29 is 22.4 Å². The number of nitrogens with one attached hydrogen (secondary N) is 1. The number of hydrogen-bond acceptors (Lipinski definition) is 5. The number of piperidine rings is 1. The Hall–Kier alpha value is -1.84. The maximum Gasteiger partial charge on any atom is 0.251 e. The Kier molecular flexibility index (Phi) is 5.92. The van der Waals surface area contributed by atoms with Crippen molar-refractivity contribution in [3.63, 3.8) is 0 Å². The van der Waals surface area contributed by atoms with E-state index in [1.165, 1.54) is 24.3 Å². The summed E-state index contributed by atoms with van der Waals surface area (Å²) in [4.78, 5) is 28.3. The van der Waals surface area contributed by atoms with Crippen LogP contribution in [0.3, 0.4) is 0 Å². The van der Waals surface area contributed by atoms with E-state index in [1.54, 1.807) is 0 Å². The first-order valence-corrected chi connectivity index (χ1v) is 10.9. The summed E-state index contributed by atoms with van der Waals surface area (Å²) in [5.41, 5.74) is 0.399. The van der Waals surface area contributed by atoms with Crippen LogP contribution in [0.4, 0.5) is 10.1 Å². The van der Waals surface area contributed by atoms with Gasteiger partial charge in [-0.3, -0.25) is 14.5 Å². The van der Waals surface area contributed by atoms with Crippen molar-refractivity contribution in [1.82, 2.24) is 9.62 Å². The second-order valence-corrected chi connectivity index (χ2v) is 9.03. The van der Waals surface area contributed by atoms with E-state index in [4.69, 9.17) is 0 Å². The van der Waals surface area contributed by atoms with E-state index in [1.807, 2.05) is 4.90 Å². The number of imide groups is 1. The van der Waals surface area contributed by atoms with Gasteiger partial charge in [0.2, 0.25) is 15.9 Å². The van der Waals surface area contributed by atoms with Gasteiger partial charge in [-0.2, -0.15) is 0 Å². The Morgan fingerprint density at radius 2 is 1.78 bits per heavy atom. The lowest BCUT2D eigenvalue weighted by atomic mass is 9.92. The third-order valence-corrected chi connectivity index (χ3v) is 5.94. The molecular weight excluding hydrogens is 373 g/mol. The molecule has 0 radical (unpaired) electrons. The summed E-state index contributed by atoms with van der Waals surface area (Å²) >= 11 is 0. The summed E-state index contributed by atoms with van der Waals surface area (Å²) < 4.78 is 37.8. The molecule has 1 aromatic rings. The van der Waals surface area contributed by atoms with Crippen LogP contribution in [0.15, 0.2) is 24.3 Å². The summed E-state index contributed by atoms with van der Waals surface area (Å²) in [5.74, 6) is -0.544. The highest BCUT2D eigenvalue weighted by molar-refractivity contribution is 7.88. The molecule has 2 aliphatic heterocycles. The van der Waals surface area contributed by atoms with Gasteiger partial charge in [0.25, 0.3) is 5.91 Å². The van der Waals surface area contributed by atoms with Gasteiger partial charge in [-0.05, 0) is 62.5 Å². The van der Waals surface area contributed by atoms with Crippen LogP contribution < -0.4 is 9.62 Å². The van der Waals surface area contributed by atoms with Crippen LogP contribution in [0.1, 0.15) is 25.7 Å². The van der Waals surface area contributed by atoms with Gasteiger partial charge in [-0.15, -0.1) is 0 Å². The molecule has 27 heavy (non-hydrogen) atoms. The lowest BCUT2D eigenvalue weighted by molar-refractivity contribution is -0.123. The van der Waals surface area contributed by atoms with Gasteiger partial charge >= 0.3 is 0 Å². The molecule has 1 atom stereocenters. The average molecular weight is 397 g/mol. The minimum atomic E-state index is -3.17. The minimum Gasteiger partial charge on any atom is -0.292 e. The van der Waals surface area contributed by atoms with E-state index < -0.39 is 21.9 Å². The summed E-state index contributed by atoms with van der Waals surface area (Å²) in [6.07, 6.45) is 3.77. The molecule has 7 nitrogen and oxygen atoms in total. The Bertz CT molecular complexity index is 804. The van der Waals surface area contributed by atoms with Crippen molar-refractivity contribution in [3.8, 4) is 0 Å². The maximum atomic E-state index is 13.1. The summed E-state index contributed by atoms with van der Waals surface area (Å²) in [6, 6.07) is 4.87. The predicted octanol–water partition coefficient (Wildman–Crippen LogP) is 1.11. The van der Waals surface area contributed by atoms with Crippen molar-refractivity contribution in [3.05, 3.63) is 30.1 Å². The predicted molar refractivity (Wildman–Crippen MR) is 99.1 cm³/mol. The molecule has 1 N–H and O–H groups in total. The van der Waals surface area contributed by atoms with Crippen molar-refractivity contribution in [2.24, 2.45) is 5.92 Å². The van der Waals surface area contributed by atoms with Crippen LogP contribution in [0.25, 0.3) is 0 Å². The molecule has 0 aromatic heterocycles. The smallest absolute Gasteiger partial charge is 0.251 e. The highest BCUT2D eigenvalue weighted by Crippen LogP contribution is 2.29. The number of carbonyl (C=O) groups excluding carboxylic acids is 2. The number of benzene rings is 1.